The first-order valence-corrected chi connectivity index (χ1v) is 10.6. The van der Waals surface area contributed by atoms with Crippen LogP contribution in [0, 0.1) is 0 Å². The standard InChI is InChI=1S/C21H26ClNO2S/c22-19-5-3-18(4-6-19)21(10-1-2-11-21)20(25)23-12-7-16(8-13-24)17-9-14-26-15-17/h3-6,9,14-16,24H,1-2,7-8,10-13H2,(H,23,25)/t16-/m0/s1. The van der Waals surface area contributed by atoms with E-state index in [0.29, 0.717) is 17.5 Å². The van der Waals surface area contributed by atoms with Gasteiger partial charge >= 0.3 is 0 Å². The normalized spacial score (nSPS) is 17.2. The van der Waals surface area contributed by atoms with Crippen molar-refractivity contribution in [2.45, 2.75) is 49.9 Å². The van der Waals surface area contributed by atoms with Gasteiger partial charge in [0, 0.05) is 18.2 Å². The zero-order valence-electron chi connectivity index (χ0n) is 14.9. The van der Waals surface area contributed by atoms with Gasteiger partial charge in [-0.15, -0.1) is 0 Å². The van der Waals surface area contributed by atoms with E-state index in [1.165, 1.54) is 5.56 Å². The number of carbonyl (C=O) groups excluding carboxylic acids is 1. The van der Waals surface area contributed by atoms with Gasteiger partial charge in [0.2, 0.25) is 5.91 Å². The highest BCUT2D eigenvalue weighted by atomic mass is 35.5. The van der Waals surface area contributed by atoms with Crippen LogP contribution >= 0.6 is 22.9 Å². The van der Waals surface area contributed by atoms with Gasteiger partial charge in [-0.2, -0.15) is 11.3 Å². The first kappa shape index (κ1) is 19.4. The number of amides is 1. The van der Waals surface area contributed by atoms with Crippen molar-refractivity contribution in [1.29, 1.82) is 0 Å². The van der Waals surface area contributed by atoms with E-state index in [9.17, 15) is 9.90 Å². The lowest BCUT2D eigenvalue weighted by molar-refractivity contribution is -0.126. The molecule has 0 aliphatic heterocycles. The van der Waals surface area contributed by atoms with Crippen molar-refractivity contribution in [3.8, 4) is 0 Å². The van der Waals surface area contributed by atoms with Crippen LogP contribution in [0.25, 0.3) is 0 Å². The Labute approximate surface area is 164 Å². The van der Waals surface area contributed by atoms with Gasteiger partial charge in [0.05, 0.1) is 5.41 Å². The van der Waals surface area contributed by atoms with Crippen LogP contribution in [0.2, 0.25) is 5.02 Å². The van der Waals surface area contributed by atoms with E-state index in [2.05, 4.69) is 22.1 Å². The minimum atomic E-state index is -0.417. The first-order valence-electron chi connectivity index (χ1n) is 9.33. The van der Waals surface area contributed by atoms with E-state index in [-0.39, 0.29) is 12.5 Å². The summed E-state index contributed by atoms with van der Waals surface area (Å²) in [7, 11) is 0. The third-order valence-corrected chi connectivity index (χ3v) is 6.51. The number of aliphatic hydroxyl groups is 1. The van der Waals surface area contributed by atoms with E-state index in [4.69, 9.17) is 11.6 Å². The summed E-state index contributed by atoms with van der Waals surface area (Å²) in [6.07, 6.45) is 5.53. The lowest BCUT2D eigenvalue weighted by Crippen LogP contribution is -2.43. The Morgan fingerprint density at radius 2 is 1.92 bits per heavy atom. The van der Waals surface area contributed by atoms with Crippen LogP contribution in [0.3, 0.4) is 0 Å². The minimum Gasteiger partial charge on any atom is -0.396 e. The second kappa shape index (κ2) is 9.03. The Morgan fingerprint density at radius 3 is 2.54 bits per heavy atom. The molecule has 1 aromatic heterocycles. The summed E-state index contributed by atoms with van der Waals surface area (Å²) in [5.74, 6) is 0.423. The highest BCUT2D eigenvalue weighted by molar-refractivity contribution is 7.07. The molecule has 1 fully saturated rings. The number of rotatable bonds is 8. The maximum absolute atomic E-state index is 13.1. The van der Waals surface area contributed by atoms with Crippen molar-refractivity contribution < 1.29 is 9.90 Å². The summed E-state index contributed by atoms with van der Waals surface area (Å²) in [4.78, 5) is 13.1. The second-order valence-corrected chi connectivity index (χ2v) is 8.32. The third-order valence-electron chi connectivity index (χ3n) is 5.56. The average Bonchev–Trinajstić information content (AvgIpc) is 3.34. The number of benzene rings is 1. The maximum atomic E-state index is 13.1. The molecule has 0 spiro atoms. The third kappa shape index (κ3) is 4.30. The SMILES string of the molecule is O=C(NCC[C@@H](CCO)c1ccsc1)C1(c2ccc(Cl)cc2)CCCC1. The number of nitrogens with one attached hydrogen (secondary N) is 1. The van der Waals surface area contributed by atoms with E-state index < -0.39 is 5.41 Å². The summed E-state index contributed by atoms with van der Waals surface area (Å²) in [5.41, 5.74) is 1.91. The van der Waals surface area contributed by atoms with Crippen LogP contribution in [-0.4, -0.2) is 24.2 Å². The molecule has 0 saturated heterocycles. The molecule has 5 heteroatoms. The number of aliphatic hydroxyl groups excluding tert-OH is 1. The van der Waals surface area contributed by atoms with Crippen molar-refractivity contribution in [2.75, 3.05) is 13.2 Å². The monoisotopic (exact) mass is 391 g/mol. The molecule has 1 saturated carbocycles. The molecule has 26 heavy (non-hydrogen) atoms. The molecule has 2 N–H and O–H groups in total. The van der Waals surface area contributed by atoms with Gasteiger partial charge in [-0.05, 0) is 71.7 Å². The molecule has 0 unspecified atom stereocenters. The van der Waals surface area contributed by atoms with Crippen molar-refractivity contribution in [3.63, 3.8) is 0 Å². The molecule has 1 aliphatic rings. The summed E-state index contributed by atoms with van der Waals surface area (Å²) >= 11 is 7.69. The van der Waals surface area contributed by atoms with Gasteiger partial charge < -0.3 is 10.4 Å². The molecule has 3 nitrogen and oxygen atoms in total. The van der Waals surface area contributed by atoms with Crippen LogP contribution in [0.15, 0.2) is 41.1 Å². The fourth-order valence-corrected chi connectivity index (χ4v) is 4.93. The number of carbonyl (C=O) groups is 1. The zero-order chi connectivity index (χ0) is 18.4. The molecule has 2 aromatic rings. The van der Waals surface area contributed by atoms with Crippen LogP contribution in [0.1, 0.15) is 55.6 Å². The summed E-state index contributed by atoms with van der Waals surface area (Å²) < 4.78 is 0. The van der Waals surface area contributed by atoms with Gasteiger partial charge in [-0.25, -0.2) is 0 Å². The van der Waals surface area contributed by atoms with Crippen molar-refractivity contribution >= 4 is 28.8 Å². The number of hydrogen-bond acceptors (Lipinski definition) is 3. The smallest absolute Gasteiger partial charge is 0.230 e. The summed E-state index contributed by atoms with van der Waals surface area (Å²) in [6.45, 7) is 0.803. The van der Waals surface area contributed by atoms with E-state index in [1.54, 1.807) is 11.3 Å². The fraction of sp³-hybridized carbons (Fsp3) is 0.476. The molecule has 0 bridgehead atoms. The molecule has 3 rings (SSSR count). The first-order chi connectivity index (χ1) is 12.7. The predicted molar refractivity (Wildman–Crippen MR) is 108 cm³/mol. The lowest BCUT2D eigenvalue weighted by atomic mass is 9.78. The molecule has 140 valence electrons. The molecule has 1 atom stereocenters. The van der Waals surface area contributed by atoms with Crippen LogP contribution in [-0.2, 0) is 10.2 Å². The Balaban J connectivity index is 1.64. The van der Waals surface area contributed by atoms with Gasteiger partial charge in [0.15, 0.2) is 0 Å². The molecule has 1 aliphatic carbocycles. The molecule has 1 heterocycles. The summed E-state index contributed by atoms with van der Waals surface area (Å²) in [6, 6.07) is 9.84. The van der Waals surface area contributed by atoms with Gasteiger partial charge in [0.1, 0.15) is 0 Å². The predicted octanol–water partition coefficient (Wildman–Crippen LogP) is 4.89. The molecule has 1 aromatic carbocycles. The van der Waals surface area contributed by atoms with Crippen LogP contribution in [0.5, 0.6) is 0 Å². The highest BCUT2D eigenvalue weighted by Crippen LogP contribution is 2.41. The second-order valence-electron chi connectivity index (χ2n) is 7.11. The van der Waals surface area contributed by atoms with E-state index in [1.807, 2.05) is 24.3 Å². The van der Waals surface area contributed by atoms with Crippen LogP contribution < -0.4 is 5.32 Å². The lowest BCUT2D eigenvalue weighted by Gasteiger charge is -2.29. The Kier molecular flexibility index (Phi) is 6.74. The quantitative estimate of drug-likeness (QED) is 0.673. The highest BCUT2D eigenvalue weighted by Gasteiger charge is 2.42. The fourth-order valence-electron chi connectivity index (χ4n) is 4.06. The van der Waals surface area contributed by atoms with Gasteiger partial charge in [-0.1, -0.05) is 36.6 Å². The average molecular weight is 392 g/mol. The molecule has 0 radical (unpaired) electrons. The largest absolute Gasteiger partial charge is 0.396 e. The van der Waals surface area contributed by atoms with Gasteiger partial charge in [0.25, 0.3) is 0 Å². The maximum Gasteiger partial charge on any atom is 0.230 e. The van der Waals surface area contributed by atoms with Gasteiger partial charge in [-0.3, -0.25) is 4.79 Å². The molecule has 1 amide bonds. The van der Waals surface area contributed by atoms with E-state index in [0.717, 1.165) is 44.1 Å². The number of hydrogen-bond donors (Lipinski definition) is 2. The summed E-state index contributed by atoms with van der Waals surface area (Å²) in [5, 5.41) is 17.4. The number of halogens is 1. The number of thiophene rings is 1. The Morgan fingerprint density at radius 1 is 1.19 bits per heavy atom. The van der Waals surface area contributed by atoms with Crippen molar-refractivity contribution in [3.05, 3.63) is 57.2 Å². The minimum absolute atomic E-state index is 0.130. The molecular weight excluding hydrogens is 366 g/mol. The van der Waals surface area contributed by atoms with Crippen molar-refractivity contribution in [2.24, 2.45) is 0 Å². The Bertz CT molecular complexity index is 693. The van der Waals surface area contributed by atoms with E-state index >= 15 is 0 Å². The topological polar surface area (TPSA) is 49.3 Å². The molecular formula is C21H26ClNO2S. The zero-order valence-corrected chi connectivity index (χ0v) is 16.5. The van der Waals surface area contributed by atoms with Crippen molar-refractivity contribution in [1.82, 2.24) is 5.32 Å². The van der Waals surface area contributed by atoms with Crippen LogP contribution in [0.4, 0.5) is 0 Å². The Hall–Kier alpha value is -1.36.